The van der Waals surface area contributed by atoms with Crippen molar-refractivity contribution in [1.82, 2.24) is 10.0 Å². The lowest BCUT2D eigenvalue weighted by molar-refractivity contribution is -0.155. The highest BCUT2D eigenvalue weighted by molar-refractivity contribution is 6.30. The van der Waals surface area contributed by atoms with Crippen molar-refractivity contribution in [2.75, 3.05) is 0 Å². The van der Waals surface area contributed by atoms with Gasteiger partial charge in [0.25, 0.3) is 17.7 Å². The lowest BCUT2D eigenvalue weighted by atomic mass is 9.82. The Hall–Kier alpha value is -2.99. The number of carbonyl (C=O) groups excluding carboxylic acids is 3. The number of hydrazine groups is 1. The molecular weight excluding hydrogens is 407 g/mol. The van der Waals surface area contributed by atoms with Crippen LogP contribution in [0.4, 0.5) is 4.39 Å². The van der Waals surface area contributed by atoms with Crippen LogP contribution in [0.5, 0.6) is 0 Å². The molecule has 2 aromatic rings. The van der Waals surface area contributed by atoms with E-state index in [2.05, 4.69) is 0 Å². The van der Waals surface area contributed by atoms with Gasteiger partial charge in [-0.25, -0.2) is 9.40 Å². The Kier molecular flexibility index (Phi) is 5.43. The van der Waals surface area contributed by atoms with E-state index in [0.29, 0.717) is 17.9 Å². The van der Waals surface area contributed by atoms with Crippen LogP contribution >= 0.6 is 11.6 Å². The van der Waals surface area contributed by atoms with Crippen molar-refractivity contribution in [1.29, 1.82) is 0 Å². The normalized spacial score (nSPS) is 20.8. The summed E-state index contributed by atoms with van der Waals surface area (Å²) in [4.78, 5) is 39.6. The fraction of sp³-hybridized carbons (Fsp3) is 0.261. The average Bonchev–Trinajstić information content (AvgIpc) is 2.97. The molecule has 0 saturated carbocycles. The van der Waals surface area contributed by atoms with Crippen molar-refractivity contribution < 1.29 is 18.8 Å². The lowest BCUT2D eigenvalue weighted by Crippen LogP contribution is -2.50. The molecule has 1 aliphatic carbocycles. The number of amides is 3. The Bertz CT molecular complexity index is 1050. The quantitative estimate of drug-likeness (QED) is 0.538. The summed E-state index contributed by atoms with van der Waals surface area (Å²) in [5.41, 5.74) is 1.51. The van der Waals surface area contributed by atoms with Crippen molar-refractivity contribution in [2.24, 2.45) is 11.8 Å². The summed E-state index contributed by atoms with van der Waals surface area (Å²) < 4.78 is 14.3. The number of fused-ring (bicyclic) bond motifs is 1. The molecule has 4 rings (SSSR count). The molecule has 0 N–H and O–H groups in total. The van der Waals surface area contributed by atoms with Gasteiger partial charge in [-0.15, -0.1) is 0 Å². The summed E-state index contributed by atoms with van der Waals surface area (Å²) in [5, 5.41) is 2.43. The van der Waals surface area contributed by atoms with E-state index in [1.807, 2.05) is 13.0 Å². The van der Waals surface area contributed by atoms with Gasteiger partial charge in [0.2, 0.25) is 0 Å². The molecule has 1 saturated heterocycles. The molecule has 7 heteroatoms. The third-order valence-corrected chi connectivity index (χ3v) is 5.90. The Balaban J connectivity index is 1.72. The summed E-state index contributed by atoms with van der Waals surface area (Å²) in [5.74, 6) is -2.92. The molecule has 2 aliphatic rings. The number of carbonyl (C=O) groups is 3. The number of allylic oxidation sites excluding steroid dienone is 2. The molecule has 0 radical (unpaired) electrons. The Labute approximate surface area is 178 Å². The predicted molar refractivity (Wildman–Crippen MR) is 110 cm³/mol. The lowest BCUT2D eigenvalue weighted by Gasteiger charge is -2.30. The van der Waals surface area contributed by atoms with E-state index in [0.717, 1.165) is 15.6 Å². The van der Waals surface area contributed by atoms with Crippen LogP contribution in [-0.2, 0) is 16.1 Å². The SMILES string of the molecule is CC1=CC[C@H]2C(=O)N(N(Cc3ccccc3F)C(=O)c3ccc(Cl)cc3)C(=O)[C@H]2C1. The van der Waals surface area contributed by atoms with Gasteiger partial charge in [-0.05, 0) is 50.1 Å². The highest BCUT2D eigenvalue weighted by atomic mass is 35.5. The minimum atomic E-state index is -0.569. The molecule has 154 valence electrons. The summed E-state index contributed by atoms with van der Waals surface area (Å²) in [7, 11) is 0. The predicted octanol–water partition coefficient (Wildman–Crippen LogP) is 4.38. The maximum atomic E-state index is 14.3. The third-order valence-electron chi connectivity index (χ3n) is 5.64. The zero-order valence-corrected chi connectivity index (χ0v) is 17.1. The molecule has 0 spiro atoms. The molecule has 2 atom stereocenters. The number of halogens is 2. The van der Waals surface area contributed by atoms with Crippen molar-refractivity contribution in [3.63, 3.8) is 0 Å². The molecule has 1 fully saturated rings. The van der Waals surface area contributed by atoms with E-state index in [9.17, 15) is 18.8 Å². The van der Waals surface area contributed by atoms with Crippen LogP contribution in [0.2, 0.25) is 5.02 Å². The van der Waals surface area contributed by atoms with Crippen LogP contribution < -0.4 is 0 Å². The second-order valence-electron chi connectivity index (χ2n) is 7.65. The fourth-order valence-corrected chi connectivity index (χ4v) is 4.15. The van der Waals surface area contributed by atoms with Crippen molar-refractivity contribution in [3.05, 3.63) is 82.1 Å². The Morgan fingerprint density at radius 2 is 1.77 bits per heavy atom. The zero-order chi connectivity index (χ0) is 21.4. The largest absolute Gasteiger partial charge is 0.273 e. The van der Waals surface area contributed by atoms with Gasteiger partial charge < -0.3 is 0 Å². The third kappa shape index (κ3) is 3.63. The van der Waals surface area contributed by atoms with Gasteiger partial charge in [0, 0.05) is 16.1 Å². The summed E-state index contributed by atoms with van der Waals surface area (Å²) >= 11 is 5.92. The fourth-order valence-electron chi connectivity index (χ4n) is 4.02. The average molecular weight is 427 g/mol. The molecule has 2 aromatic carbocycles. The minimum Gasteiger partial charge on any atom is -0.272 e. The molecule has 3 amide bonds. The van der Waals surface area contributed by atoms with Crippen molar-refractivity contribution in [3.8, 4) is 0 Å². The number of benzene rings is 2. The molecule has 1 aliphatic heterocycles. The number of hydrogen-bond acceptors (Lipinski definition) is 3. The first-order valence-corrected chi connectivity index (χ1v) is 10.1. The second kappa shape index (κ2) is 8.03. The van der Waals surface area contributed by atoms with Gasteiger partial charge in [0.05, 0.1) is 18.4 Å². The molecule has 0 unspecified atom stereocenters. The van der Waals surface area contributed by atoms with Gasteiger partial charge in [0.1, 0.15) is 5.82 Å². The smallest absolute Gasteiger partial charge is 0.272 e. The van der Waals surface area contributed by atoms with E-state index in [4.69, 9.17) is 11.6 Å². The highest BCUT2D eigenvalue weighted by Gasteiger charge is 2.51. The maximum absolute atomic E-state index is 14.3. The molecule has 0 aromatic heterocycles. The number of nitrogens with zero attached hydrogens (tertiary/aromatic N) is 2. The van der Waals surface area contributed by atoms with Crippen LogP contribution in [0.3, 0.4) is 0 Å². The number of imide groups is 1. The van der Waals surface area contributed by atoms with Crippen molar-refractivity contribution in [2.45, 2.75) is 26.3 Å². The molecule has 30 heavy (non-hydrogen) atoms. The second-order valence-corrected chi connectivity index (χ2v) is 8.09. The Morgan fingerprint density at radius 3 is 2.47 bits per heavy atom. The zero-order valence-electron chi connectivity index (χ0n) is 16.3. The Morgan fingerprint density at radius 1 is 1.10 bits per heavy atom. The van der Waals surface area contributed by atoms with E-state index >= 15 is 0 Å². The van der Waals surface area contributed by atoms with Crippen LogP contribution in [0.25, 0.3) is 0 Å². The minimum absolute atomic E-state index is 0.213. The number of hydrogen-bond donors (Lipinski definition) is 0. The van der Waals surface area contributed by atoms with Gasteiger partial charge in [-0.3, -0.25) is 14.4 Å². The molecular formula is C23H20ClFN2O3. The maximum Gasteiger partial charge on any atom is 0.273 e. The summed E-state index contributed by atoms with van der Waals surface area (Å²) in [6.07, 6.45) is 2.90. The highest BCUT2D eigenvalue weighted by Crippen LogP contribution is 2.39. The summed E-state index contributed by atoms with van der Waals surface area (Å²) in [6.45, 7) is 1.68. The van der Waals surface area contributed by atoms with E-state index in [-0.39, 0.29) is 17.7 Å². The molecule has 0 bridgehead atoms. The first kappa shape index (κ1) is 20.3. The molecule has 5 nitrogen and oxygen atoms in total. The van der Waals surface area contributed by atoms with Gasteiger partial charge >= 0.3 is 0 Å². The van der Waals surface area contributed by atoms with Crippen LogP contribution in [0.15, 0.2) is 60.2 Å². The van der Waals surface area contributed by atoms with Crippen LogP contribution in [0.1, 0.15) is 35.7 Å². The number of rotatable bonds is 4. The monoisotopic (exact) mass is 426 g/mol. The first-order chi connectivity index (χ1) is 14.4. The van der Waals surface area contributed by atoms with E-state index in [1.165, 1.54) is 24.3 Å². The van der Waals surface area contributed by atoms with Crippen LogP contribution in [0, 0.1) is 17.7 Å². The van der Waals surface area contributed by atoms with E-state index in [1.54, 1.807) is 24.3 Å². The molecule has 1 heterocycles. The standard InChI is InChI=1S/C23H20ClFN2O3/c1-14-6-11-18-19(12-14)23(30)27(22(18)29)26(13-16-4-2-3-5-20(16)25)21(28)15-7-9-17(24)10-8-15/h2-10,18-19H,11-13H2,1H3/t18-,19+/m1/s1. The topological polar surface area (TPSA) is 57.7 Å². The van der Waals surface area contributed by atoms with Crippen LogP contribution in [-0.4, -0.2) is 27.7 Å². The van der Waals surface area contributed by atoms with E-state index < -0.39 is 35.4 Å². The van der Waals surface area contributed by atoms with Gasteiger partial charge in [0.15, 0.2) is 0 Å². The van der Waals surface area contributed by atoms with Crippen molar-refractivity contribution >= 4 is 29.3 Å². The summed E-state index contributed by atoms with van der Waals surface area (Å²) in [6, 6.07) is 12.1. The van der Waals surface area contributed by atoms with Gasteiger partial charge in [-0.2, -0.15) is 5.01 Å². The first-order valence-electron chi connectivity index (χ1n) is 9.71. The van der Waals surface area contributed by atoms with Gasteiger partial charge in [-0.1, -0.05) is 41.4 Å².